The maximum absolute atomic E-state index is 12.6. The van der Waals surface area contributed by atoms with Gasteiger partial charge in [0.15, 0.2) is 5.82 Å². The molecule has 5 nitrogen and oxygen atoms in total. The van der Waals surface area contributed by atoms with Crippen molar-refractivity contribution >= 4 is 23.1 Å². The molecule has 2 aromatic heterocycles. The van der Waals surface area contributed by atoms with Gasteiger partial charge in [0.05, 0.1) is 11.4 Å². The van der Waals surface area contributed by atoms with Crippen LogP contribution in [0, 0.1) is 20.8 Å². The van der Waals surface area contributed by atoms with Gasteiger partial charge in [0.25, 0.3) is 5.91 Å². The fraction of sp³-hybridized carbons (Fsp3) is 0.200. The summed E-state index contributed by atoms with van der Waals surface area (Å²) >= 11 is 1.41. The van der Waals surface area contributed by atoms with E-state index < -0.39 is 0 Å². The molecule has 158 valence electrons. The summed E-state index contributed by atoms with van der Waals surface area (Å²) < 4.78 is 7.82. The Hall–Kier alpha value is -3.38. The van der Waals surface area contributed by atoms with E-state index in [1.54, 1.807) is 0 Å². The number of ether oxygens (including phenoxy) is 1. The standard InChI is InChI=1S/C25H25N3O2S/c1-17-7-4-5-10-21(17)14-28-12-11-23(27-28)26-25(29)22-13-20(16-31-22)15-30-24-18(2)8-6-9-19(24)3/h4-13,16H,14-15H2,1-3H3,(H,26,27,29). The normalized spacial score (nSPS) is 10.8. The van der Waals surface area contributed by atoms with Gasteiger partial charge < -0.3 is 10.1 Å². The van der Waals surface area contributed by atoms with Crippen LogP contribution in [-0.4, -0.2) is 15.7 Å². The van der Waals surface area contributed by atoms with E-state index in [2.05, 4.69) is 29.5 Å². The van der Waals surface area contributed by atoms with Crippen LogP contribution < -0.4 is 10.1 Å². The van der Waals surface area contributed by atoms with Crippen LogP contribution in [0.4, 0.5) is 5.82 Å². The molecule has 1 N–H and O–H groups in total. The van der Waals surface area contributed by atoms with E-state index >= 15 is 0 Å². The second kappa shape index (κ2) is 9.18. The van der Waals surface area contributed by atoms with Crippen LogP contribution in [0.5, 0.6) is 5.75 Å². The topological polar surface area (TPSA) is 56.2 Å². The number of aryl methyl sites for hydroxylation is 3. The van der Waals surface area contributed by atoms with Crippen molar-refractivity contribution in [2.45, 2.75) is 33.9 Å². The minimum absolute atomic E-state index is 0.163. The molecule has 0 fully saturated rings. The zero-order valence-corrected chi connectivity index (χ0v) is 18.7. The minimum Gasteiger partial charge on any atom is -0.488 e. The molecule has 2 aromatic carbocycles. The molecule has 0 spiro atoms. The van der Waals surface area contributed by atoms with Gasteiger partial charge in [-0.1, -0.05) is 42.5 Å². The van der Waals surface area contributed by atoms with Crippen molar-refractivity contribution in [2.75, 3.05) is 5.32 Å². The number of benzene rings is 2. The summed E-state index contributed by atoms with van der Waals surface area (Å²) in [6, 6.07) is 18.0. The Morgan fingerprint density at radius 3 is 2.55 bits per heavy atom. The van der Waals surface area contributed by atoms with Crippen molar-refractivity contribution < 1.29 is 9.53 Å². The Balaban J connectivity index is 1.36. The Bertz CT molecular complexity index is 1190. The van der Waals surface area contributed by atoms with Crippen LogP contribution in [0.15, 0.2) is 66.2 Å². The van der Waals surface area contributed by atoms with Gasteiger partial charge in [0.2, 0.25) is 0 Å². The van der Waals surface area contributed by atoms with E-state index in [1.807, 2.05) is 72.6 Å². The number of para-hydroxylation sites is 1. The zero-order valence-electron chi connectivity index (χ0n) is 17.9. The summed E-state index contributed by atoms with van der Waals surface area (Å²) in [7, 11) is 0. The minimum atomic E-state index is -0.163. The quantitative estimate of drug-likeness (QED) is 0.405. The highest BCUT2D eigenvalue weighted by Crippen LogP contribution is 2.25. The van der Waals surface area contributed by atoms with Crippen LogP contribution in [0.1, 0.15) is 37.5 Å². The molecule has 6 heteroatoms. The Labute approximate surface area is 186 Å². The van der Waals surface area contributed by atoms with Crippen molar-refractivity contribution in [3.05, 3.63) is 98.9 Å². The number of hydrogen-bond acceptors (Lipinski definition) is 4. The molecule has 0 aliphatic heterocycles. The predicted octanol–water partition coefficient (Wildman–Crippen LogP) is 5.75. The Kier molecular flexibility index (Phi) is 6.18. The molecule has 4 aromatic rings. The molecule has 0 radical (unpaired) electrons. The maximum Gasteiger partial charge on any atom is 0.266 e. The summed E-state index contributed by atoms with van der Waals surface area (Å²) in [4.78, 5) is 13.3. The molecule has 0 aliphatic rings. The lowest BCUT2D eigenvalue weighted by molar-refractivity contribution is 0.103. The molecule has 0 saturated heterocycles. The lowest BCUT2D eigenvalue weighted by Gasteiger charge is -2.10. The smallest absolute Gasteiger partial charge is 0.266 e. The summed E-state index contributed by atoms with van der Waals surface area (Å²) in [5, 5.41) is 9.32. The van der Waals surface area contributed by atoms with Gasteiger partial charge in [-0.2, -0.15) is 5.10 Å². The molecule has 4 rings (SSSR count). The summed E-state index contributed by atoms with van der Waals surface area (Å²) in [6.07, 6.45) is 1.88. The van der Waals surface area contributed by atoms with Crippen LogP contribution in [-0.2, 0) is 13.2 Å². The molecular weight excluding hydrogens is 406 g/mol. The van der Waals surface area contributed by atoms with E-state index in [9.17, 15) is 4.79 Å². The second-order valence-electron chi connectivity index (χ2n) is 7.61. The first-order chi connectivity index (χ1) is 15.0. The van der Waals surface area contributed by atoms with Gasteiger partial charge in [0, 0.05) is 17.8 Å². The number of carbonyl (C=O) groups is 1. The molecule has 0 bridgehead atoms. The maximum atomic E-state index is 12.6. The van der Waals surface area contributed by atoms with Crippen LogP contribution in [0.2, 0.25) is 0 Å². The summed E-state index contributed by atoms with van der Waals surface area (Å²) in [5.74, 6) is 1.28. The molecule has 0 aliphatic carbocycles. The number of nitrogens with one attached hydrogen (secondary N) is 1. The molecule has 31 heavy (non-hydrogen) atoms. The van der Waals surface area contributed by atoms with Gasteiger partial charge in [-0.25, -0.2) is 0 Å². The van der Waals surface area contributed by atoms with Crippen LogP contribution >= 0.6 is 11.3 Å². The molecule has 2 heterocycles. The van der Waals surface area contributed by atoms with E-state index in [4.69, 9.17) is 4.74 Å². The van der Waals surface area contributed by atoms with Gasteiger partial charge in [0.1, 0.15) is 12.4 Å². The average molecular weight is 432 g/mol. The number of nitrogens with zero attached hydrogens (tertiary/aromatic N) is 2. The number of thiophene rings is 1. The molecule has 0 saturated carbocycles. The van der Waals surface area contributed by atoms with E-state index in [-0.39, 0.29) is 5.91 Å². The van der Waals surface area contributed by atoms with E-state index in [0.717, 1.165) is 22.4 Å². The largest absolute Gasteiger partial charge is 0.488 e. The predicted molar refractivity (Wildman–Crippen MR) is 125 cm³/mol. The molecular formula is C25H25N3O2S. The van der Waals surface area contributed by atoms with Gasteiger partial charge in [-0.3, -0.25) is 9.48 Å². The number of aromatic nitrogens is 2. The van der Waals surface area contributed by atoms with Crippen LogP contribution in [0.25, 0.3) is 0 Å². The van der Waals surface area contributed by atoms with Crippen molar-refractivity contribution in [1.82, 2.24) is 9.78 Å². The monoisotopic (exact) mass is 431 g/mol. The SMILES string of the molecule is Cc1ccccc1Cn1ccc(NC(=O)c2cc(COc3c(C)cccc3C)cs2)n1. The number of carbonyl (C=O) groups excluding carboxylic acids is 1. The summed E-state index contributed by atoms with van der Waals surface area (Å²) in [5.41, 5.74) is 5.61. The zero-order chi connectivity index (χ0) is 21.8. The van der Waals surface area contributed by atoms with E-state index in [0.29, 0.717) is 23.8 Å². The third kappa shape index (κ3) is 5.03. The van der Waals surface area contributed by atoms with E-state index in [1.165, 1.54) is 22.5 Å². The van der Waals surface area contributed by atoms with Crippen molar-refractivity contribution in [1.29, 1.82) is 0 Å². The van der Waals surface area contributed by atoms with Crippen LogP contribution in [0.3, 0.4) is 0 Å². The fourth-order valence-electron chi connectivity index (χ4n) is 3.41. The van der Waals surface area contributed by atoms with Crippen molar-refractivity contribution in [3.8, 4) is 5.75 Å². The number of hydrogen-bond donors (Lipinski definition) is 1. The average Bonchev–Trinajstić information content (AvgIpc) is 3.39. The highest BCUT2D eigenvalue weighted by Gasteiger charge is 2.12. The summed E-state index contributed by atoms with van der Waals surface area (Å²) in [6.45, 7) is 7.25. The van der Waals surface area contributed by atoms with Gasteiger partial charge in [-0.05, 0) is 54.5 Å². The first-order valence-electron chi connectivity index (χ1n) is 10.2. The lowest BCUT2D eigenvalue weighted by atomic mass is 10.1. The number of rotatable bonds is 7. The Morgan fingerprint density at radius 1 is 1.03 bits per heavy atom. The molecule has 1 amide bonds. The third-order valence-corrected chi connectivity index (χ3v) is 6.12. The lowest BCUT2D eigenvalue weighted by Crippen LogP contribution is -2.11. The second-order valence-corrected chi connectivity index (χ2v) is 8.52. The number of anilines is 1. The third-order valence-electron chi connectivity index (χ3n) is 5.15. The number of amides is 1. The molecule has 0 unspecified atom stereocenters. The van der Waals surface area contributed by atoms with Gasteiger partial charge in [-0.15, -0.1) is 11.3 Å². The first-order valence-corrected chi connectivity index (χ1v) is 11.0. The fourth-order valence-corrected chi connectivity index (χ4v) is 4.20. The van der Waals surface area contributed by atoms with Crippen molar-refractivity contribution in [2.24, 2.45) is 0 Å². The first kappa shape index (κ1) is 20.9. The highest BCUT2D eigenvalue weighted by atomic mass is 32.1. The van der Waals surface area contributed by atoms with Gasteiger partial charge >= 0.3 is 0 Å². The highest BCUT2D eigenvalue weighted by molar-refractivity contribution is 7.12. The van der Waals surface area contributed by atoms with Crippen molar-refractivity contribution in [3.63, 3.8) is 0 Å². The molecule has 0 atom stereocenters. The Morgan fingerprint density at radius 2 is 1.77 bits per heavy atom.